The van der Waals surface area contributed by atoms with Crippen LogP contribution in [-0.2, 0) is 4.74 Å². The Hall–Kier alpha value is -0.970. The van der Waals surface area contributed by atoms with Crippen LogP contribution in [0.4, 0.5) is 4.39 Å². The first-order valence-corrected chi connectivity index (χ1v) is 7.35. The van der Waals surface area contributed by atoms with Gasteiger partial charge in [0.2, 0.25) is 0 Å². The molecule has 0 radical (unpaired) electrons. The van der Waals surface area contributed by atoms with Crippen LogP contribution in [0.25, 0.3) is 0 Å². The molecule has 1 aromatic carbocycles. The van der Waals surface area contributed by atoms with Crippen LogP contribution in [0.1, 0.15) is 30.9 Å². The lowest BCUT2D eigenvalue weighted by atomic mass is 10.1. The maximum Gasteiger partial charge on any atom is 0.128 e. The molecular weight excluding hydrogens is 257 g/mol. The van der Waals surface area contributed by atoms with Gasteiger partial charge in [0.05, 0.1) is 12.7 Å². The lowest BCUT2D eigenvalue weighted by Gasteiger charge is -2.19. The summed E-state index contributed by atoms with van der Waals surface area (Å²) >= 11 is 0. The summed E-state index contributed by atoms with van der Waals surface area (Å²) in [7, 11) is 1.99. The maximum absolute atomic E-state index is 13.5. The van der Waals surface area contributed by atoms with Crippen LogP contribution in [-0.4, -0.2) is 43.4 Å². The lowest BCUT2D eigenvalue weighted by molar-refractivity contribution is 0.0942. The van der Waals surface area contributed by atoms with Gasteiger partial charge in [-0.15, -0.1) is 0 Å². The van der Waals surface area contributed by atoms with Crippen LogP contribution >= 0.6 is 0 Å². The Morgan fingerprint density at radius 3 is 2.80 bits per heavy atom. The van der Waals surface area contributed by atoms with E-state index >= 15 is 0 Å². The van der Waals surface area contributed by atoms with Gasteiger partial charge >= 0.3 is 0 Å². The van der Waals surface area contributed by atoms with Crippen LogP contribution in [0.3, 0.4) is 0 Å². The first kappa shape index (κ1) is 15.4. The van der Waals surface area contributed by atoms with E-state index in [0.29, 0.717) is 12.0 Å². The number of aliphatic hydroxyl groups excluding tert-OH is 1. The zero-order chi connectivity index (χ0) is 14.4. The summed E-state index contributed by atoms with van der Waals surface area (Å²) in [5, 5.41) is 10.0. The van der Waals surface area contributed by atoms with Crippen LogP contribution in [0, 0.1) is 11.7 Å². The van der Waals surface area contributed by atoms with E-state index < -0.39 is 6.10 Å². The molecule has 1 aliphatic rings. The molecule has 1 N–H and O–H groups in total. The smallest absolute Gasteiger partial charge is 0.128 e. The third-order valence-electron chi connectivity index (χ3n) is 3.72. The van der Waals surface area contributed by atoms with Gasteiger partial charge in [0.15, 0.2) is 0 Å². The molecule has 1 unspecified atom stereocenters. The molecule has 0 spiro atoms. The van der Waals surface area contributed by atoms with E-state index in [0.717, 1.165) is 32.2 Å². The SMILES string of the molecule is CN(CCOCC1CC1)CCC(O)c1ccccc1F. The number of benzene rings is 1. The van der Waals surface area contributed by atoms with Crippen LogP contribution < -0.4 is 0 Å². The Kier molecular flexibility index (Phi) is 5.95. The molecule has 0 heterocycles. The minimum atomic E-state index is -0.744. The number of aliphatic hydroxyl groups is 1. The molecule has 0 saturated heterocycles. The standard InChI is InChI=1S/C16H24FNO2/c1-18(10-11-20-12-13-6-7-13)9-8-16(19)14-4-2-3-5-15(14)17/h2-5,13,16,19H,6-12H2,1H3. The van der Waals surface area contributed by atoms with Crippen molar-refractivity contribution in [1.29, 1.82) is 0 Å². The lowest BCUT2D eigenvalue weighted by Crippen LogP contribution is -2.26. The Balaban J connectivity index is 1.61. The van der Waals surface area contributed by atoms with Crippen LogP contribution in [0.5, 0.6) is 0 Å². The maximum atomic E-state index is 13.5. The fraction of sp³-hybridized carbons (Fsp3) is 0.625. The number of hydrogen-bond donors (Lipinski definition) is 1. The van der Waals surface area contributed by atoms with Crippen molar-refractivity contribution in [2.24, 2.45) is 5.92 Å². The highest BCUT2D eigenvalue weighted by Crippen LogP contribution is 2.28. The zero-order valence-corrected chi connectivity index (χ0v) is 12.1. The molecule has 3 nitrogen and oxygen atoms in total. The molecule has 0 aliphatic heterocycles. The Labute approximate surface area is 120 Å². The van der Waals surface area contributed by atoms with Gasteiger partial charge in [-0.25, -0.2) is 4.39 Å². The predicted molar refractivity (Wildman–Crippen MR) is 77.0 cm³/mol. The summed E-state index contributed by atoms with van der Waals surface area (Å²) in [4.78, 5) is 2.11. The van der Waals surface area contributed by atoms with E-state index in [4.69, 9.17) is 4.74 Å². The summed E-state index contributed by atoms with van der Waals surface area (Å²) in [5.41, 5.74) is 0.380. The van der Waals surface area contributed by atoms with E-state index in [1.54, 1.807) is 18.2 Å². The minimum Gasteiger partial charge on any atom is -0.388 e. The topological polar surface area (TPSA) is 32.7 Å². The molecule has 1 atom stereocenters. The predicted octanol–water partition coefficient (Wildman–Crippen LogP) is 2.61. The van der Waals surface area contributed by atoms with Gasteiger partial charge in [0, 0.05) is 25.3 Å². The molecule has 2 rings (SSSR count). The van der Waals surface area contributed by atoms with Gasteiger partial charge in [-0.1, -0.05) is 18.2 Å². The highest BCUT2D eigenvalue weighted by molar-refractivity contribution is 5.19. The van der Waals surface area contributed by atoms with Crippen molar-refractivity contribution in [1.82, 2.24) is 4.90 Å². The van der Waals surface area contributed by atoms with Crippen molar-refractivity contribution in [2.75, 3.05) is 33.4 Å². The largest absolute Gasteiger partial charge is 0.388 e. The molecular formula is C16H24FNO2. The van der Waals surface area contributed by atoms with Crippen LogP contribution in [0.15, 0.2) is 24.3 Å². The van der Waals surface area contributed by atoms with E-state index in [-0.39, 0.29) is 5.82 Å². The minimum absolute atomic E-state index is 0.338. The summed E-state index contributed by atoms with van der Waals surface area (Å²) in [6.07, 6.45) is 2.40. The summed E-state index contributed by atoms with van der Waals surface area (Å²) in [6, 6.07) is 6.40. The summed E-state index contributed by atoms with van der Waals surface area (Å²) in [6.45, 7) is 3.17. The first-order chi connectivity index (χ1) is 9.66. The van der Waals surface area contributed by atoms with E-state index in [9.17, 15) is 9.50 Å². The molecule has 4 heteroatoms. The van der Waals surface area contributed by atoms with Crippen molar-refractivity contribution < 1.29 is 14.2 Å². The van der Waals surface area contributed by atoms with Gasteiger partial charge in [-0.05, 0) is 38.3 Å². The second-order valence-corrected chi connectivity index (χ2v) is 5.65. The molecule has 1 saturated carbocycles. The van der Waals surface area contributed by atoms with Gasteiger partial charge in [-0.2, -0.15) is 0 Å². The first-order valence-electron chi connectivity index (χ1n) is 7.35. The number of halogens is 1. The number of likely N-dealkylation sites (N-methyl/N-ethyl adjacent to an activating group) is 1. The third kappa shape index (κ3) is 5.19. The quantitative estimate of drug-likeness (QED) is 0.706. The molecule has 0 amide bonds. The highest BCUT2D eigenvalue weighted by atomic mass is 19.1. The number of rotatable bonds is 9. The normalized spacial score (nSPS) is 16.6. The second kappa shape index (κ2) is 7.72. The van der Waals surface area contributed by atoms with Gasteiger partial charge in [0.25, 0.3) is 0 Å². The van der Waals surface area contributed by atoms with E-state index in [1.165, 1.54) is 18.9 Å². The average molecular weight is 281 g/mol. The fourth-order valence-corrected chi connectivity index (χ4v) is 2.11. The van der Waals surface area contributed by atoms with Crippen LogP contribution in [0.2, 0.25) is 0 Å². The average Bonchev–Trinajstić information content (AvgIpc) is 3.25. The van der Waals surface area contributed by atoms with Crippen molar-refractivity contribution in [3.8, 4) is 0 Å². The molecule has 112 valence electrons. The summed E-state index contributed by atoms with van der Waals surface area (Å²) in [5.74, 6) is 0.457. The molecule has 1 aromatic rings. The van der Waals surface area contributed by atoms with Crippen molar-refractivity contribution >= 4 is 0 Å². The fourth-order valence-electron chi connectivity index (χ4n) is 2.11. The van der Waals surface area contributed by atoms with E-state index in [1.807, 2.05) is 7.05 Å². The monoisotopic (exact) mass is 281 g/mol. The molecule has 1 fully saturated rings. The van der Waals surface area contributed by atoms with Gasteiger partial charge in [0.1, 0.15) is 5.82 Å². The van der Waals surface area contributed by atoms with Crippen molar-refractivity contribution in [3.63, 3.8) is 0 Å². The molecule has 1 aliphatic carbocycles. The van der Waals surface area contributed by atoms with Gasteiger partial charge in [-0.3, -0.25) is 0 Å². The highest BCUT2D eigenvalue weighted by Gasteiger charge is 2.21. The molecule has 20 heavy (non-hydrogen) atoms. The number of hydrogen-bond acceptors (Lipinski definition) is 3. The third-order valence-corrected chi connectivity index (χ3v) is 3.72. The Morgan fingerprint density at radius 1 is 1.35 bits per heavy atom. The number of ether oxygens (including phenoxy) is 1. The molecule has 0 aromatic heterocycles. The second-order valence-electron chi connectivity index (χ2n) is 5.65. The summed E-state index contributed by atoms with van der Waals surface area (Å²) < 4.78 is 19.1. The van der Waals surface area contributed by atoms with Crippen molar-refractivity contribution in [3.05, 3.63) is 35.6 Å². The van der Waals surface area contributed by atoms with Crippen molar-refractivity contribution in [2.45, 2.75) is 25.4 Å². The number of nitrogens with zero attached hydrogens (tertiary/aromatic N) is 1. The Bertz CT molecular complexity index is 409. The van der Waals surface area contributed by atoms with E-state index in [2.05, 4.69) is 4.90 Å². The zero-order valence-electron chi connectivity index (χ0n) is 12.1. The molecule has 0 bridgehead atoms. The van der Waals surface area contributed by atoms with Gasteiger partial charge < -0.3 is 14.7 Å². The Morgan fingerprint density at radius 2 is 2.10 bits per heavy atom.